The molecule has 3 rings (SSSR count). The summed E-state index contributed by atoms with van der Waals surface area (Å²) in [5.74, 6) is 0.708. The third-order valence-corrected chi connectivity index (χ3v) is 5.01. The van der Waals surface area contributed by atoms with Crippen LogP contribution in [0, 0.1) is 5.41 Å². The summed E-state index contributed by atoms with van der Waals surface area (Å²) in [5, 5.41) is 8.51. The molecule has 0 amide bonds. The number of nitrogens with zero attached hydrogens (tertiary/aromatic N) is 3. The zero-order valence-corrected chi connectivity index (χ0v) is 14.9. The van der Waals surface area contributed by atoms with Crippen LogP contribution in [0.3, 0.4) is 0 Å². The van der Waals surface area contributed by atoms with E-state index in [2.05, 4.69) is 10.3 Å². The van der Waals surface area contributed by atoms with Gasteiger partial charge in [0.25, 0.3) is 0 Å². The van der Waals surface area contributed by atoms with E-state index >= 15 is 0 Å². The van der Waals surface area contributed by atoms with Gasteiger partial charge in [-0.2, -0.15) is 0 Å². The van der Waals surface area contributed by atoms with Crippen molar-refractivity contribution < 1.29 is 14.3 Å². The molecule has 1 aromatic carbocycles. The van der Waals surface area contributed by atoms with Crippen LogP contribution < -0.4 is 4.74 Å². The Morgan fingerprint density at radius 1 is 1.24 bits per heavy atom. The van der Waals surface area contributed by atoms with E-state index in [0.29, 0.717) is 13.0 Å². The van der Waals surface area contributed by atoms with Gasteiger partial charge in [-0.25, -0.2) is 4.68 Å². The van der Waals surface area contributed by atoms with Crippen molar-refractivity contribution in [2.45, 2.75) is 45.1 Å². The zero-order valence-electron chi connectivity index (χ0n) is 14.9. The number of benzene rings is 1. The quantitative estimate of drug-likeness (QED) is 0.754. The molecule has 6 heteroatoms. The fourth-order valence-corrected chi connectivity index (χ4v) is 3.70. The summed E-state index contributed by atoms with van der Waals surface area (Å²) < 4.78 is 12.1. The van der Waals surface area contributed by atoms with Crippen molar-refractivity contribution in [2.24, 2.45) is 5.41 Å². The zero-order chi connectivity index (χ0) is 17.7. The van der Waals surface area contributed by atoms with E-state index in [4.69, 9.17) is 9.47 Å². The van der Waals surface area contributed by atoms with Gasteiger partial charge in [0.2, 0.25) is 0 Å². The SMILES string of the molecule is COC(=O)C1(Cc2cn(Cc3cccc(OC)c3)nn2)CCCCC1. The lowest BCUT2D eigenvalue weighted by Crippen LogP contribution is -2.36. The summed E-state index contributed by atoms with van der Waals surface area (Å²) in [4.78, 5) is 12.4. The van der Waals surface area contributed by atoms with Gasteiger partial charge in [0.05, 0.1) is 31.9 Å². The minimum Gasteiger partial charge on any atom is -0.497 e. The lowest BCUT2D eigenvalue weighted by Gasteiger charge is -2.33. The Balaban J connectivity index is 1.72. The molecular weight excluding hydrogens is 318 g/mol. The summed E-state index contributed by atoms with van der Waals surface area (Å²) >= 11 is 0. The molecule has 6 nitrogen and oxygen atoms in total. The fourth-order valence-electron chi connectivity index (χ4n) is 3.70. The van der Waals surface area contributed by atoms with E-state index in [9.17, 15) is 4.79 Å². The first-order valence-electron chi connectivity index (χ1n) is 8.75. The maximum atomic E-state index is 12.4. The summed E-state index contributed by atoms with van der Waals surface area (Å²) in [6.07, 6.45) is 7.56. The Labute approximate surface area is 148 Å². The largest absolute Gasteiger partial charge is 0.497 e. The highest BCUT2D eigenvalue weighted by molar-refractivity contribution is 5.77. The van der Waals surface area contributed by atoms with Gasteiger partial charge in [0, 0.05) is 12.6 Å². The first-order chi connectivity index (χ1) is 12.1. The molecule has 0 atom stereocenters. The van der Waals surface area contributed by atoms with E-state index in [0.717, 1.165) is 42.7 Å². The molecule has 1 heterocycles. The molecule has 1 aliphatic carbocycles. The molecule has 1 aliphatic rings. The Hall–Kier alpha value is -2.37. The van der Waals surface area contributed by atoms with Gasteiger partial charge in [0.15, 0.2) is 0 Å². The smallest absolute Gasteiger partial charge is 0.312 e. The van der Waals surface area contributed by atoms with Crippen LogP contribution in [0.15, 0.2) is 30.5 Å². The number of methoxy groups -OCH3 is 2. The third kappa shape index (κ3) is 4.00. The highest BCUT2D eigenvalue weighted by Gasteiger charge is 2.41. The van der Waals surface area contributed by atoms with Gasteiger partial charge in [-0.3, -0.25) is 4.79 Å². The first-order valence-corrected chi connectivity index (χ1v) is 8.75. The summed E-state index contributed by atoms with van der Waals surface area (Å²) in [5.41, 5.74) is 1.50. The molecule has 1 saturated carbocycles. The van der Waals surface area contributed by atoms with E-state index in [1.54, 1.807) is 11.8 Å². The average molecular weight is 343 g/mol. The van der Waals surface area contributed by atoms with Crippen LogP contribution in [-0.4, -0.2) is 35.2 Å². The number of rotatable bonds is 6. The number of carbonyl (C=O) groups is 1. The van der Waals surface area contributed by atoms with E-state index in [-0.39, 0.29) is 5.97 Å². The highest BCUT2D eigenvalue weighted by atomic mass is 16.5. The van der Waals surface area contributed by atoms with Crippen LogP contribution in [0.2, 0.25) is 0 Å². The van der Waals surface area contributed by atoms with Crippen molar-refractivity contribution in [1.82, 2.24) is 15.0 Å². The third-order valence-electron chi connectivity index (χ3n) is 5.01. The van der Waals surface area contributed by atoms with Crippen LogP contribution in [0.1, 0.15) is 43.4 Å². The van der Waals surface area contributed by atoms with Gasteiger partial charge in [-0.15, -0.1) is 5.10 Å². The van der Waals surface area contributed by atoms with Crippen LogP contribution in [0.5, 0.6) is 5.75 Å². The van der Waals surface area contributed by atoms with Crippen molar-refractivity contribution in [3.8, 4) is 5.75 Å². The van der Waals surface area contributed by atoms with E-state index in [1.807, 2.05) is 30.5 Å². The van der Waals surface area contributed by atoms with Crippen molar-refractivity contribution >= 4 is 5.97 Å². The van der Waals surface area contributed by atoms with Crippen LogP contribution in [0.25, 0.3) is 0 Å². The number of hydrogen-bond acceptors (Lipinski definition) is 5. The number of aromatic nitrogens is 3. The minimum absolute atomic E-state index is 0.116. The second-order valence-electron chi connectivity index (χ2n) is 6.77. The summed E-state index contributed by atoms with van der Waals surface area (Å²) in [6.45, 7) is 0.620. The predicted octanol–water partition coefficient (Wildman–Crippen LogP) is 3.00. The second kappa shape index (κ2) is 7.68. The molecule has 134 valence electrons. The molecule has 1 fully saturated rings. The Kier molecular flexibility index (Phi) is 5.36. The Morgan fingerprint density at radius 2 is 2.04 bits per heavy atom. The Bertz CT molecular complexity index is 720. The number of hydrogen-bond donors (Lipinski definition) is 0. The predicted molar refractivity (Wildman–Crippen MR) is 93.4 cm³/mol. The molecule has 0 spiro atoms. The van der Waals surface area contributed by atoms with E-state index < -0.39 is 5.41 Å². The lowest BCUT2D eigenvalue weighted by molar-refractivity contribution is -0.155. The van der Waals surface area contributed by atoms with Gasteiger partial charge < -0.3 is 9.47 Å². The van der Waals surface area contributed by atoms with Crippen molar-refractivity contribution in [3.05, 3.63) is 41.7 Å². The normalized spacial score (nSPS) is 16.4. The molecule has 2 aromatic rings. The average Bonchev–Trinajstić information content (AvgIpc) is 3.08. The molecule has 0 unspecified atom stereocenters. The van der Waals surface area contributed by atoms with E-state index in [1.165, 1.54) is 13.5 Å². The highest BCUT2D eigenvalue weighted by Crippen LogP contribution is 2.40. The standard InChI is InChI=1S/C19H25N3O3/c1-24-17-8-6-7-15(11-17)13-22-14-16(20-21-22)12-19(18(23)25-2)9-4-3-5-10-19/h6-8,11,14H,3-5,9-10,12-13H2,1-2H3. The molecule has 0 radical (unpaired) electrons. The first kappa shape index (κ1) is 17.5. The molecule has 25 heavy (non-hydrogen) atoms. The van der Waals surface area contributed by atoms with Crippen LogP contribution >= 0.6 is 0 Å². The topological polar surface area (TPSA) is 66.2 Å². The van der Waals surface area contributed by atoms with Crippen molar-refractivity contribution in [2.75, 3.05) is 14.2 Å². The van der Waals surface area contributed by atoms with Gasteiger partial charge in [0.1, 0.15) is 5.75 Å². The minimum atomic E-state index is -0.441. The summed E-state index contributed by atoms with van der Waals surface area (Å²) in [7, 11) is 3.13. The monoisotopic (exact) mass is 343 g/mol. The number of esters is 1. The summed E-state index contributed by atoms with van der Waals surface area (Å²) in [6, 6.07) is 7.89. The molecular formula is C19H25N3O3. The number of ether oxygens (including phenoxy) is 2. The molecule has 0 N–H and O–H groups in total. The molecule has 0 aliphatic heterocycles. The number of carbonyl (C=O) groups excluding carboxylic acids is 1. The van der Waals surface area contributed by atoms with Crippen LogP contribution in [0.4, 0.5) is 0 Å². The fraction of sp³-hybridized carbons (Fsp3) is 0.526. The maximum Gasteiger partial charge on any atom is 0.312 e. The molecule has 0 bridgehead atoms. The van der Waals surface area contributed by atoms with Gasteiger partial charge >= 0.3 is 5.97 Å². The van der Waals surface area contributed by atoms with Gasteiger partial charge in [-0.05, 0) is 30.5 Å². The second-order valence-corrected chi connectivity index (χ2v) is 6.77. The van der Waals surface area contributed by atoms with Gasteiger partial charge in [-0.1, -0.05) is 36.6 Å². The Morgan fingerprint density at radius 3 is 2.76 bits per heavy atom. The van der Waals surface area contributed by atoms with Crippen molar-refractivity contribution in [1.29, 1.82) is 0 Å². The van der Waals surface area contributed by atoms with Crippen LogP contribution in [-0.2, 0) is 22.5 Å². The molecule has 0 saturated heterocycles. The molecule has 1 aromatic heterocycles. The van der Waals surface area contributed by atoms with Crippen molar-refractivity contribution in [3.63, 3.8) is 0 Å². The lowest BCUT2D eigenvalue weighted by atomic mass is 9.71. The maximum absolute atomic E-state index is 12.4.